The first-order valence-corrected chi connectivity index (χ1v) is 7.43. The number of carbonyl (C=O) groups excluding carboxylic acids is 2. The number of benzene rings is 2. The first kappa shape index (κ1) is 16.3. The van der Waals surface area contributed by atoms with Crippen LogP contribution in [0.25, 0.3) is 10.9 Å². The molecule has 0 aliphatic carbocycles. The number of aromatic hydroxyl groups is 1. The zero-order valence-electron chi connectivity index (χ0n) is 13.0. The van der Waals surface area contributed by atoms with Crippen molar-refractivity contribution in [3.63, 3.8) is 0 Å². The largest absolute Gasteiger partial charge is 0.506 e. The fraction of sp³-hybridized carbons (Fsp3) is 0.0526. The van der Waals surface area contributed by atoms with Crippen LogP contribution < -0.4 is 0 Å². The fourth-order valence-electron chi connectivity index (χ4n) is 2.56. The number of hydrogen-bond acceptors (Lipinski definition) is 5. The number of aromatic nitrogens is 1. The topological polar surface area (TPSA) is 105 Å². The Labute approximate surface area is 142 Å². The van der Waals surface area contributed by atoms with Gasteiger partial charge in [-0.1, -0.05) is 24.3 Å². The first-order valence-electron chi connectivity index (χ1n) is 7.43. The van der Waals surface area contributed by atoms with Gasteiger partial charge in [0.25, 0.3) is 0 Å². The summed E-state index contributed by atoms with van der Waals surface area (Å²) in [6.07, 6.45) is 0.243. The number of aromatic carboxylic acids is 1. The fourth-order valence-corrected chi connectivity index (χ4v) is 2.56. The van der Waals surface area contributed by atoms with Crippen LogP contribution in [0, 0.1) is 0 Å². The average Bonchev–Trinajstić information content (AvgIpc) is 2.61. The molecule has 0 radical (unpaired) electrons. The molecule has 0 spiro atoms. The maximum absolute atomic E-state index is 12.6. The highest BCUT2D eigenvalue weighted by atomic mass is 16.4. The maximum Gasteiger partial charge on any atom is 0.335 e. The number of carboxylic acid groups (broad SMARTS) is 1. The lowest BCUT2D eigenvalue weighted by Crippen LogP contribution is -2.10. The van der Waals surface area contributed by atoms with E-state index in [4.69, 9.17) is 5.11 Å². The van der Waals surface area contributed by atoms with E-state index in [1.807, 2.05) is 6.07 Å². The number of ketones is 1. The van der Waals surface area contributed by atoms with Gasteiger partial charge in [0.2, 0.25) is 0 Å². The Morgan fingerprint density at radius 1 is 1.08 bits per heavy atom. The minimum atomic E-state index is -1.20. The molecule has 0 unspecified atom stereocenters. The molecule has 6 heteroatoms. The van der Waals surface area contributed by atoms with E-state index in [2.05, 4.69) is 4.98 Å². The molecule has 2 N–H and O–H groups in total. The molecule has 0 aliphatic heterocycles. The van der Waals surface area contributed by atoms with Gasteiger partial charge in [0.1, 0.15) is 5.75 Å². The van der Waals surface area contributed by atoms with E-state index in [0.717, 1.165) is 11.5 Å². The van der Waals surface area contributed by atoms with Crippen molar-refractivity contribution in [2.24, 2.45) is 0 Å². The summed E-state index contributed by atoms with van der Waals surface area (Å²) >= 11 is 0. The number of nitrogens with zero attached hydrogens (tertiary/aromatic N) is 1. The number of hydrogen-bond donors (Lipinski definition) is 2. The van der Waals surface area contributed by atoms with E-state index >= 15 is 0 Å². The first-order chi connectivity index (χ1) is 12.0. The van der Waals surface area contributed by atoms with Gasteiger partial charge in [0.15, 0.2) is 12.1 Å². The molecule has 6 nitrogen and oxygen atoms in total. The van der Waals surface area contributed by atoms with Crippen molar-refractivity contribution in [3.05, 3.63) is 70.9 Å². The van der Waals surface area contributed by atoms with Crippen molar-refractivity contribution in [1.82, 2.24) is 4.98 Å². The number of aldehydes is 1. The smallest absolute Gasteiger partial charge is 0.335 e. The van der Waals surface area contributed by atoms with Gasteiger partial charge in [-0.3, -0.25) is 9.59 Å². The molecule has 25 heavy (non-hydrogen) atoms. The molecule has 0 fully saturated rings. The lowest BCUT2D eigenvalue weighted by molar-refractivity contribution is 0.0696. The lowest BCUT2D eigenvalue weighted by atomic mass is 9.98. The summed E-state index contributed by atoms with van der Waals surface area (Å²) in [5.41, 5.74) is 0.781. The van der Waals surface area contributed by atoms with Crippen LogP contribution in [0.1, 0.15) is 36.8 Å². The van der Waals surface area contributed by atoms with Gasteiger partial charge in [0, 0.05) is 16.5 Å². The van der Waals surface area contributed by atoms with Gasteiger partial charge in [0.05, 0.1) is 23.2 Å². The number of carboxylic acids is 1. The number of carbonyl (C=O) groups is 3. The van der Waals surface area contributed by atoms with Gasteiger partial charge in [-0.05, 0) is 24.3 Å². The van der Waals surface area contributed by atoms with E-state index in [-0.39, 0.29) is 34.6 Å². The van der Waals surface area contributed by atoms with Crippen molar-refractivity contribution in [2.45, 2.75) is 6.42 Å². The van der Waals surface area contributed by atoms with Gasteiger partial charge in [-0.25, -0.2) is 9.78 Å². The molecule has 0 amide bonds. The summed E-state index contributed by atoms with van der Waals surface area (Å²) in [7, 11) is 0. The van der Waals surface area contributed by atoms with E-state index in [0.29, 0.717) is 11.8 Å². The molecule has 0 saturated heterocycles. The second-order valence-electron chi connectivity index (χ2n) is 5.47. The predicted octanol–water partition coefficient (Wildman–Crippen LogP) is 2.88. The number of pyridine rings is 1. The Hall–Kier alpha value is -3.54. The van der Waals surface area contributed by atoms with Crippen molar-refractivity contribution < 1.29 is 24.6 Å². The van der Waals surface area contributed by atoms with E-state index in [9.17, 15) is 19.5 Å². The van der Waals surface area contributed by atoms with E-state index < -0.39 is 11.8 Å². The SMILES string of the molecule is O=Cc1ccc(C(=O)O)cc1C(=O)Cc1nc2ccccc2cc1O. The molecule has 0 saturated carbocycles. The predicted molar refractivity (Wildman–Crippen MR) is 90.2 cm³/mol. The molecule has 3 aromatic rings. The quantitative estimate of drug-likeness (QED) is 0.549. The molecule has 0 atom stereocenters. The minimum absolute atomic E-state index is 0.00995. The monoisotopic (exact) mass is 335 g/mol. The van der Waals surface area contributed by atoms with Gasteiger partial charge < -0.3 is 10.2 Å². The number of rotatable bonds is 5. The third kappa shape index (κ3) is 3.23. The molecular weight excluding hydrogens is 322 g/mol. The van der Waals surface area contributed by atoms with E-state index in [1.165, 1.54) is 18.2 Å². The molecule has 124 valence electrons. The zero-order valence-corrected chi connectivity index (χ0v) is 13.0. The standard InChI is InChI=1S/C19H13NO5/c21-10-13-6-5-12(19(24)25)7-14(13)17(22)9-16-18(23)8-11-3-1-2-4-15(11)20-16/h1-8,10,23H,9H2,(H,24,25). The molecule has 1 aromatic heterocycles. The van der Waals surface area contributed by atoms with Crippen molar-refractivity contribution in [1.29, 1.82) is 0 Å². The van der Waals surface area contributed by atoms with Crippen molar-refractivity contribution in [2.75, 3.05) is 0 Å². The van der Waals surface area contributed by atoms with Crippen LogP contribution in [0.15, 0.2) is 48.5 Å². The zero-order chi connectivity index (χ0) is 18.0. The normalized spacial score (nSPS) is 10.6. The molecular formula is C19H13NO5. The van der Waals surface area contributed by atoms with Crippen LogP contribution in [-0.2, 0) is 6.42 Å². The summed E-state index contributed by atoms with van der Waals surface area (Å²) in [5, 5.41) is 19.9. The second-order valence-corrected chi connectivity index (χ2v) is 5.47. The Bertz CT molecular complexity index is 1010. The second kappa shape index (κ2) is 6.52. The molecule has 0 bridgehead atoms. The van der Waals surface area contributed by atoms with Crippen LogP contribution >= 0.6 is 0 Å². The third-order valence-electron chi connectivity index (χ3n) is 3.84. The summed E-state index contributed by atoms with van der Waals surface area (Å²) in [6.45, 7) is 0. The van der Waals surface area contributed by atoms with Crippen LogP contribution in [0.5, 0.6) is 5.75 Å². The summed E-state index contributed by atoms with van der Waals surface area (Å²) < 4.78 is 0. The number of fused-ring (bicyclic) bond motifs is 1. The van der Waals surface area contributed by atoms with Crippen LogP contribution in [-0.4, -0.2) is 33.2 Å². The van der Waals surface area contributed by atoms with Crippen molar-refractivity contribution in [3.8, 4) is 5.75 Å². The van der Waals surface area contributed by atoms with Gasteiger partial charge in [-0.2, -0.15) is 0 Å². The molecule has 2 aromatic carbocycles. The Kier molecular flexibility index (Phi) is 4.26. The summed E-state index contributed by atoms with van der Waals surface area (Å²) in [4.78, 5) is 39.1. The highest BCUT2D eigenvalue weighted by Crippen LogP contribution is 2.23. The number of Topliss-reactive ketones (excluding diaryl/α,β-unsaturated/α-hetero) is 1. The summed E-state index contributed by atoms with van der Waals surface area (Å²) in [6, 6.07) is 12.4. The molecule has 1 heterocycles. The van der Waals surface area contributed by atoms with Crippen molar-refractivity contribution >= 4 is 28.9 Å². The average molecular weight is 335 g/mol. The van der Waals surface area contributed by atoms with Crippen LogP contribution in [0.4, 0.5) is 0 Å². The van der Waals surface area contributed by atoms with E-state index in [1.54, 1.807) is 18.2 Å². The maximum atomic E-state index is 12.6. The summed E-state index contributed by atoms with van der Waals surface area (Å²) in [5.74, 6) is -1.82. The van der Waals surface area contributed by atoms with Crippen LogP contribution in [0.2, 0.25) is 0 Å². The number of para-hydroxylation sites is 1. The Morgan fingerprint density at radius 2 is 1.84 bits per heavy atom. The third-order valence-corrected chi connectivity index (χ3v) is 3.84. The Balaban J connectivity index is 2.00. The molecule has 0 aliphatic rings. The highest BCUT2D eigenvalue weighted by molar-refractivity contribution is 6.05. The molecule has 3 rings (SSSR count). The minimum Gasteiger partial charge on any atom is -0.506 e. The highest BCUT2D eigenvalue weighted by Gasteiger charge is 2.17. The Morgan fingerprint density at radius 3 is 2.56 bits per heavy atom. The van der Waals surface area contributed by atoms with Gasteiger partial charge >= 0.3 is 5.97 Å². The van der Waals surface area contributed by atoms with Crippen LogP contribution in [0.3, 0.4) is 0 Å². The van der Waals surface area contributed by atoms with Gasteiger partial charge in [-0.15, -0.1) is 0 Å². The lowest BCUT2D eigenvalue weighted by Gasteiger charge is -2.08.